The summed E-state index contributed by atoms with van der Waals surface area (Å²) < 4.78 is 63.4. The van der Waals surface area contributed by atoms with E-state index in [9.17, 15) is 22.0 Å². The molecule has 3 aliphatic rings. The van der Waals surface area contributed by atoms with Crippen LogP contribution in [0, 0.1) is 17.8 Å². The van der Waals surface area contributed by atoms with Crippen LogP contribution in [0.2, 0.25) is 5.02 Å². The van der Waals surface area contributed by atoms with E-state index in [0.717, 1.165) is 18.4 Å². The second kappa shape index (κ2) is 14.5. The van der Waals surface area contributed by atoms with Gasteiger partial charge in [-0.3, -0.25) is 4.79 Å². The summed E-state index contributed by atoms with van der Waals surface area (Å²) in [6.45, 7) is 4.62. The van der Waals surface area contributed by atoms with Crippen molar-refractivity contribution in [3.05, 3.63) is 65.2 Å². The highest BCUT2D eigenvalue weighted by molar-refractivity contribution is 7.89. The van der Waals surface area contributed by atoms with Crippen LogP contribution >= 0.6 is 11.6 Å². The first kappa shape index (κ1) is 33.3. The molecule has 0 aromatic heterocycles. The molecule has 2 N–H and O–H groups in total. The van der Waals surface area contributed by atoms with E-state index in [-0.39, 0.29) is 47.4 Å². The van der Waals surface area contributed by atoms with Gasteiger partial charge in [-0.15, -0.1) is 0 Å². The van der Waals surface area contributed by atoms with E-state index >= 15 is 0 Å². The Morgan fingerprint density at radius 1 is 1.09 bits per heavy atom. The third-order valence-electron chi connectivity index (χ3n) is 9.72. The molecule has 2 aromatic carbocycles. The van der Waals surface area contributed by atoms with Gasteiger partial charge in [0, 0.05) is 68.7 Å². The van der Waals surface area contributed by atoms with Crippen molar-refractivity contribution in [2.45, 2.75) is 80.7 Å². The van der Waals surface area contributed by atoms with Gasteiger partial charge in [-0.2, -0.15) is 4.31 Å². The van der Waals surface area contributed by atoms with Gasteiger partial charge >= 0.3 is 0 Å². The van der Waals surface area contributed by atoms with E-state index in [1.54, 1.807) is 34.6 Å². The van der Waals surface area contributed by atoms with Gasteiger partial charge in [0.25, 0.3) is 5.92 Å². The van der Waals surface area contributed by atoms with Crippen molar-refractivity contribution in [3.8, 4) is 0 Å². The van der Waals surface area contributed by atoms with E-state index in [1.807, 2.05) is 31.2 Å². The Kier molecular flexibility index (Phi) is 11.0. The van der Waals surface area contributed by atoms with Crippen molar-refractivity contribution in [1.82, 2.24) is 14.9 Å². The first-order chi connectivity index (χ1) is 21.0. The molecule has 1 saturated carbocycles. The summed E-state index contributed by atoms with van der Waals surface area (Å²) in [5.41, 5.74) is 1.02. The quantitative estimate of drug-likeness (QED) is 0.318. The molecule has 2 saturated heterocycles. The van der Waals surface area contributed by atoms with Crippen LogP contribution < -0.4 is 10.6 Å². The second-order valence-corrected chi connectivity index (χ2v) is 15.0. The number of benzene rings is 2. The fourth-order valence-corrected chi connectivity index (χ4v) is 9.23. The van der Waals surface area contributed by atoms with Crippen LogP contribution in [0.25, 0.3) is 0 Å². The molecule has 44 heavy (non-hydrogen) atoms. The smallest absolute Gasteiger partial charge is 0.250 e. The minimum atomic E-state index is -3.66. The van der Waals surface area contributed by atoms with Crippen molar-refractivity contribution in [1.29, 1.82) is 0 Å². The molecule has 5 atom stereocenters. The molecule has 7 nitrogen and oxygen atoms in total. The van der Waals surface area contributed by atoms with Gasteiger partial charge in [0.2, 0.25) is 15.9 Å². The molecule has 2 heterocycles. The summed E-state index contributed by atoms with van der Waals surface area (Å²) in [6.07, 6.45) is 2.65. The summed E-state index contributed by atoms with van der Waals surface area (Å²) >= 11 is 6.14. The molecule has 11 heteroatoms. The average molecular weight is 652 g/mol. The first-order valence-electron chi connectivity index (χ1n) is 15.8. The van der Waals surface area contributed by atoms with Gasteiger partial charge in [0.05, 0.1) is 4.90 Å². The fraction of sp³-hybridized carbons (Fsp3) is 0.606. The molecule has 2 unspecified atom stereocenters. The molecule has 0 spiro atoms. The minimum Gasteiger partial charge on any atom is -0.381 e. The number of ether oxygens (including phenoxy) is 1. The van der Waals surface area contributed by atoms with Crippen LogP contribution in [0.5, 0.6) is 0 Å². The molecule has 5 rings (SSSR count). The zero-order valence-electron chi connectivity index (χ0n) is 25.3. The first-order valence-corrected chi connectivity index (χ1v) is 17.7. The number of nitrogens with one attached hydrogen (secondary N) is 2. The van der Waals surface area contributed by atoms with Crippen LogP contribution in [-0.2, 0) is 19.6 Å². The van der Waals surface area contributed by atoms with Gasteiger partial charge in [-0.1, -0.05) is 55.3 Å². The predicted octanol–water partition coefficient (Wildman–Crippen LogP) is 5.85. The highest BCUT2D eigenvalue weighted by Crippen LogP contribution is 2.43. The maximum Gasteiger partial charge on any atom is 0.250 e. The SMILES string of the molecule is C[C@H](C(=O)NC1CC(F)(F)CC1CCC[C@H]1CNCCN1S(=O)(=O)c1ccccc1)[C@H](c1ccc(Cl)cc1)C1CCOCC1. The molecule has 2 aliphatic heterocycles. The number of alkyl halides is 2. The molecule has 1 amide bonds. The molecule has 0 radical (unpaired) electrons. The minimum absolute atomic E-state index is 0.0760. The van der Waals surface area contributed by atoms with Gasteiger partial charge in [-0.25, -0.2) is 17.2 Å². The number of hydrogen-bond donors (Lipinski definition) is 2. The zero-order valence-corrected chi connectivity index (χ0v) is 26.8. The number of nitrogens with zero attached hydrogens (tertiary/aromatic N) is 1. The van der Waals surface area contributed by atoms with E-state index in [1.165, 1.54) is 0 Å². The Balaban J connectivity index is 1.23. The van der Waals surface area contributed by atoms with Crippen LogP contribution in [0.4, 0.5) is 8.78 Å². The molecule has 1 aliphatic carbocycles. The third kappa shape index (κ3) is 7.99. The number of hydrogen-bond acceptors (Lipinski definition) is 5. The second-order valence-electron chi connectivity index (χ2n) is 12.7. The lowest BCUT2D eigenvalue weighted by molar-refractivity contribution is -0.127. The topological polar surface area (TPSA) is 87.7 Å². The maximum absolute atomic E-state index is 14.8. The highest BCUT2D eigenvalue weighted by atomic mass is 35.5. The Hall–Kier alpha value is -2.11. The molecule has 3 fully saturated rings. The van der Waals surface area contributed by atoms with E-state index in [0.29, 0.717) is 57.1 Å². The van der Waals surface area contributed by atoms with Gasteiger partial charge in [0.1, 0.15) is 0 Å². The lowest BCUT2D eigenvalue weighted by atomic mass is 9.74. The Morgan fingerprint density at radius 3 is 2.50 bits per heavy atom. The molecule has 2 aromatic rings. The fourth-order valence-electron chi connectivity index (χ4n) is 7.42. The van der Waals surface area contributed by atoms with E-state index in [2.05, 4.69) is 10.6 Å². The Bertz CT molecular complexity index is 1340. The van der Waals surface area contributed by atoms with Crippen LogP contribution in [0.15, 0.2) is 59.5 Å². The monoisotopic (exact) mass is 651 g/mol. The summed E-state index contributed by atoms with van der Waals surface area (Å²) in [4.78, 5) is 14.0. The lowest BCUT2D eigenvalue weighted by Crippen LogP contribution is -2.53. The highest BCUT2D eigenvalue weighted by Gasteiger charge is 2.47. The summed E-state index contributed by atoms with van der Waals surface area (Å²) in [5.74, 6) is -3.69. The average Bonchev–Trinajstić information content (AvgIpc) is 3.31. The molecule has 0 bridgehead atoms. The van der Waals surface area contributed by atoms with Crippen LogP contribution in [0.1, 0.15) is 63.4 Å². The van der Waals surface area contributed by atoms with Crippen molar-refractivity contribution >= 4 is 27.5 Å². The lowest BCUT2D eigenvalue weighted by Gasteiger charge is -2.36. The maximum atomic E-state index is 14.8. The van der Waals surface area contributed by atoms with E-state index in [4.69, 9.17) is 16.3 Å². The zero-order chi connectivity index (χ0) is 31.3. The molecular formula is C33H44ClF2N3O4S. The standard InChI is InChI=1S/C33H44ClF2N3O4S/c1-23(31(25-14-18-43-19-15-25)24-10-12-27(34)13-11-24)32(40)38-30-21-33(35,36)20-26(30)6-5-7-28-22-37-16-17-39(28)44(41,42)29-8-3-2-4-9-29/h2-4,8-13,23,25-26,28,30-31,37H,5-7,14-22H2,1H3,(H,38,40)/t23-,26?,28-,30?,31+/m0/s1. The van der Waals surface area contributed by atoms with Crippen molar-refractivity contribution in [2.24, 2.45) is 17.8 Å². The Labute approximate surface area is 265 Å². The van der Waals surface area contributed by atoms with Crippen molar-refractivity contribution in [3.63, 3.8) is 0 Å². The van der Waals surface area contributed by atoms with Gasteiger partial charge < -0.3 is 15.4 Å². The third-order valence-corrected chi connectivity index (χ3v) is 11.9. The van der Waals surface area contributed by atoms with Crippen LogP contribution in [-0.4, -0.2) is 69.5 Å². The number of sulfonamides is 1. The number of halogens is 3. The number of rotatable bonds is 11. The van der Waals surface area contributed by atoms with E-state index < -0.39 is 27.9 Å². The summed E-state index contributed by atoms with van der Waals surface area (Å²) in [7, 11) is -3.66. The summed E-state index contributed by atoms with van der Waals surface area (Å²) in [6, 6.07) is 15.1. The van der Waals surface area contributed by atoms with Crippen molar-refractivity contribution in [2.75, 3.05) is 32.8 Å². The molecular weight excluding hydrogens is 608 g/mol. The van der Waals surface area contributed by atoms with Crippen LogP contribution in [0.3, 0.4) is 0 Å². The summed E-state index contributed by atoms with van der Waals surface area (Å²) in [5, 5.41) is 6.94. The van der Waals surface area contributed by atoms with Gasteiger partial charge in [-0.05, 0) is 73.3 Å². The van der Waals surface area contributed by atoms with Crippen molar-refractivity contribution < 1.29 is 26.7 Å². The largest absolute Gasteiger partial charge is 0.381 e. The number of piperazine rings is 1. The number of carbonyl (C=O) groups is 1. The Morgan fingerprint density at radius 2 is 1.80 bits per heavy atom. The normalized spacial score (nSPS) is 26.2. The number of amides is 1. The predicted molar refractivity (Wildman–Crippen MR) is 167 cm³/mol. The molecule has 242 valence electrons. The number of carbonyl (C=O) groups excluding carboxylic acids is 1. The van der Waals surface area contributed by atoms with Gasteiger partial charge in [0.15, 0.2) is 0 Å².